The van der Waals surface area contributed by atoms with Gasteiger partial charge >= 0.3 is 5.97 Å². The molecule has 0 saturated carbocycles. The Balaban J connectivity index is 1.94. The van der Waals surface area contributed by atoms with Crippen molar-refractivity contribution in [3.8, 4) is 0 Å². The average Bonchev–Trinajstić information content (AvgIpc) is 2.53. The number of amides is 1. The Hall–Kier alpha value is -2.54. The van der Waals surface area contributed by atoms with E-state index in [1.807, 2.05) is 0 Å². The SMILES string of the molecule is C[C@@H](COC(=O)c1c(F)cccc1F)NC(=O)c1cccnc1Cl. The summed E-state index contributed by atoms with van der Waals surface area (Å²) in [6.07, 6.45) is 1.44. The zero-order valence-electron chi connectivity index (χ0n) is 12.6. The third-order valence-corrected chi connectivity index (χ3v) is 3.31. The lowest BCUT2D eigenvalue weighted by Crippen LogP contribution is -2.36. The zero-order valence-corrected chi connectivity index (χ0v) is 13.3. The molecule has 24 heavy (non-hydrogen) atoms. The summed E-state index contributed by atoms with van der Waals surface area (Å²) in [6.45, 7) is 1.30. The third-order valence-electron chi connectivity index (χ3n) is 3.01. The van der Waals surface area contributed by atoms with E-state index in [1.54, 1.807) is 13.0 Å². The number of aromatic nitrogens is 1. The van der Waals surface area contributed by atoms with Gasteiger partial charge in [0.05, 0.1) is 11.6 Å². The van der Waals surface area contributed by atoms with E-state index in [-0.39, 0.29) is 17.3 Å². The fourth-order valence-electron chi connectivity index (χ4n) is 1.86. The number of nitrogens with one attached hydrogen (secondary N) is 1. The van der Waals surface area contributed by atoms with E-state index in [9.17, 15) is 18.4 Å². The number of pyridine rings is 1. The van der Waals surface area contributed by atoms with Crippen LogP contribution in [0.5, 0.6) is 0 Å². The maximum Gasteiger partial charge on any atom is 0.344 e. The summed E-state index contributed by atoms with van der Waals surface area (Å²) in [4.78, 5) is 27.5. The van der Waals surface area contributed by atoms with Gasteiger partial charge in [-0.05, 0) is 31.2 Å². The maximum atomic E-state index is 13.5. The molecule has 0 unspecified atom stereocenters. The number of rotatable bonds is 5. The van der Waals surface area contributed by atoms with Gasteiger partial charge in [0.1, 0.15) is 29.0 Å². The normalized spacial score (nSPS) is 11.7. The molecular weight excluding hydrogens is 342 g/mol. The van der Waals surface area contributed by atoms with Gasteiger partial charge in [-0.1, -0.05) is 17.7 Å². The summed E-state index contributed by atoms with van der Waals surface area (Å²) < 4.78 is 31.8. The van der Waals surface area contributed by atoms with Gasteiger partial charge < -0.3 is 10.1 Å². The highest BCUT2D eigenvalue weighted by atomic mass is 35.5. The van der Waals surface area contributed by atoms with Crippen molar-refractivity contribution in [3.05, 3.63) is 64.4 Å². The monoisotopic (exact) mass is 354 g/mol. The predicted octanol–water partition coefficient (Wildman–Crippen LogP) is 2.99. The molecule has 1 heterocycles. The molecule has 1 amide bonds. The van der Waals surface area contributed by atoms with Crippen molar-refractivity contribution in [2.75, 3.05) is 6.61 Å². The van der Waals surface area contributed by atoms with Crippen LogP contribution in [0.25, 0.3) is 0 Å². The first-order valence-corrected chi connectivity index (χ1v) is 7.30. The molecule has 0 radical (unpaired) electrons. The van der Waals surface area contributed by atoms with Crippen LogP contribution in [0.1, 0.15) is 27.6 Å². The molecule has 0 saturated heterocycles. The second-order valence-electron chi connectivity index (χ2n) is 4.91. The molecule has 1 N–H and O–H groups in total. The van der Waals surface area contributed by atoms with Crippen LogP contribution in [-0.2, 0) is 4.74 Å². The molecule has 2 aromatic rings. The summed E-state index contributed by atoms with van der Waals surface area (Å²) in [5.74, 6) is -3.68. The van der Waals surface area contributed by atoms with Gasteiger partial charge in [0.2, 0.25) is 0 Å². The maximum absolute atomic E-state index is 13.5. The van der Waals surface area contributed by atoms with Crippen molar-refractivity contribution in [2.45, 2.75) is 13.0 Å². The van der Waals surface area contributed by atoms with Gasteiger partial charge in [-0.15, -0.1) is 0 Å². The Morgan fingerprint density at radius 2 is 1.92 bits per heavy atom. The lowest BCUT2D eigenvalue weighted by molar-refractivity contribution is 0.0454. The molecule has 0 bridgehead atoms. The van der Waals surface area contributed by atoms with Crippen molar-refractivity contribution < 1.29 is 23.1 Å². The molecule has 1 aromatic carbocycles. The van der Waals surface area contributed by atoms with Crippen molar-refractivity contribution >= 4 is 23.5 Å². The molecule has 2 rings (SSSR count). The molecular formula is C16H13ClF2N2O3. The fourth-order valence-corrected chi connectivity index (χ4v) is 2.07. The van der Waals surface area contributed by atoms with Crippen LogP contribution in [0, 0.1) is 11.6 Å². The number of carbonyl (C=O) groups is 2. The largest absolute Gasteiger partial charge is 0.460 e. The average molecular weight is 355 g/mol. The first kappa shape index (κ1) is 17.8. The van der Waals surface area contributed by atoms with Gasteiger partial charge in [-0.2, -0.15) is 0 Å². The van der Waals surface area contributed by atoms with Crippen LogP contribution in [0.3, 0.4) is 0 Å². The van der Waals surface area contributed by atoms with E-state index in [4.69, 9.17) is 16.3 Å². The third kappa shape index (κ3) is 4.26. The van der Waals surface area contributed by atoms with Gasteiger partial charge in [0.25, 0.3) is 5.91 Å². The van der Waals surface area contributed by atoms with E-state index < -0.39 is 35.1 Å². The summed E-state index contributed by atoms with van der Waals surface area (Å²) in [5, 5.41) is 2.58. The van der Waals surface area contributed by atoms with Gasteiger partial charge in [0, 0.05) is 6.20 Å². The van der Waals surface area contributed by atoms with Crippen LogP contribution in [0.2, 0.25) is 5.15 Å². The van der Waals surface area contributed by atoms with Crippen molar-refractivity contribution in [3.63, 3.8) is 0 Å². The highest BCUT2D eigenvalue weighted by Gasteiger charge is 2.20. The number of nitrogens with zero attached hydrogens (tertiary/aromatic N) is 1. The smallest absolute Gasteiger partial charge is 0.344 e. The highest BCUT2D eigenvalue weighted by molar-refractivity contribution is 6.32. The molecule has 8 heteroatoms. The lowest BCUT2D eigenvalue weighted by Gasteiger charge is -2.15. The van der Waals surface area contributed by atoms with Gasteiger partial charge in [-0.3, -0.25) is 4.79 Å². The first-order chi connectivity index (χ1) is 11.4. The fraction of sp³-hybridized carbons (Fsp3) is 0.188. The second-order valence-corrected chi connectivity index (χ2v) is 5.27. The van der Waals surface area contributed by atoms with Gasteiger partial charge in [-0.25, -0.2) is 18.6 Å². The molecule has 126 valence electrons. The minimum atomic E-state index is -1.15. The van der Waals surface area contributed by atoms with Crippen LogP contribution in [0.15, 0.2) is 36.5 Å². The van der Waals surface area contributed by atoms with E-state index in [1.165, 1.54) is 12.3 Å². The molecule has 0 fully saturated rings. The lowest BCUT2D eigenvalue weighted by atomic mass is 10.2. The summed E-state index contributed by atoms with van der Waals surface area (Å²) in [7, 11) is 0. The standard InChI is InChI=1S/C16H13ClF2N2O3/c1-9(21-15(22)10-4-3-7-20-14(10)17)8-24-16(23)13-11(18)5-2-6-12(13)19/h2-7,9H,8H2,1H3,(H,21,22)/t9-/m0/s1. The van der Waals surface area contributed by atoms with Crippen molar-refractivity contribution in [1.82, 2.24) is 10.3 Å². The Morgan fingerprint density at radius 3 is 2.54 bits per heavy atom. The summed E-state index contributed by atoms with van der Waals surface area (Å²) in [6, 6.07) is 5.48. The minimum absolute atomic E-state index is 0.0348. The van der Waals surface area contributed by atoms with Crippen LogP contribution in [-0.4, -0.2) is 29.5 Å². The minimum Gasteiger partial charge on any atom is -0.460 e. The van der Waals surface area contributed by atoms with E-state index >= 15 is 0 Å². The van der Waals surface area contributed by atoms with Crippen molar-refractivity contribution in [2.24, 2.45) is 0 Å². The molecule has 1 aromatic heterocycles. The molecule has 0 aliphatic rings. The zero-order chi connectivity index (χ0) is 17.7. The number of carbonyl (C=O) groups excluding carboxylic acids is 2. The van der Waals surface area contributed by atoms with E-state index in [2.05, 4.69) is 10.3 Å². The Bertz CT molecular complexity index is 750. The number of hydrogen-bond donors (Lipinski definition) is 1. The highest BCUT2D eigenvalue weighted by Crippen LogP contribution is 2.14. The Labute approximate surface area is 141 Å². The molecule has 5 nitrogen and oxygen atoms in total. The number of halogens is 3. The molecule has 0 aliphatic carbocycles. The molecule has 0 spiro atoms. The van der Waals surface area contributed by atoms with Crippen molar-refractivity contribution in [1.29, 1.82) is 0 Å². The topological polar surface area (TPSA) is 68.3 Å². The Morgan fingerprint density at radius 1 is 1.25 bits per heavy atom. The van der Waals surface area contributed by atoms with E-state index in [0.717, 1.165) is 18.2 Å². The molecule has 0 aliphatic heterocycles. The summed E-state index contributed by atoms with van der Waals surface area (Å²) in [5.41, 5.74) is -0.608. The summed E-state index contributed by atoms with van der Waals surface area (Å²) >= 11 is 5.80. The van der Waals surface area contributed by atoms with Gasteiger partial charge in [0.15, 0.2) is 0 Å². The number of esters is 1. The first-order valence-electron chi connectivity index (χ1n) is 6.92. The van der Waals surface area contributed by atoms with Crippen LogP contribution in [0.4, 0.5) is 8.78 Å². The number of hydrogen-bond acceptors (Lipinski definition) is 4. The van der Waals surface area contributed by atoms with Crippen LogP contribution >= 0.6 is 11.6 Å². The Kier molecular flexibility index (Phi) is 5.81. The molecule has 1 atom stereocenters. The quantitative estimate of drug-likeness (QED) is 0.662. The van der Waals surface area contributed by atoms with Crippen LogP contribution < -0.4 is 5.32 Å². The predicted molar refractivity (Wildman–Crippen MR) is 82.8 cm³/mol. The second kappa shape index (κ2) is 7.83. The van der Waals surface area contributed by atoms with E-state index in [0.29, 0.717) is 0 Å². The number of ether oxygens (including phenoxy) is 1. The number of benzene rings is 1.